The molecule has 0 aliphatic heterocycles. The molecule has 0 aliphatic carbocycles. The van der Waals surface area contributed by atoms with Gasteiger partial charge in [0.2, 0.25) is 0 Å². The molecule has 0 aromatic heterocycles. The molecule has 3 nitrogen and oxygen atoms in total. The number of aliphatic imine (C=N–C) groups is 1. The quantitative estimate of drug-likeness (QED) is 0.838. The zero-order chi connectivity index (χ0) is 14.4. The van der Waals surface area contributed by atoms with E-state index in [0.29, 0.717) is 5.69 Å². The molecule has 20 heavy (non-hydrogen) atoms. The van der Waals surface area contributed by atoms with Gasteiger partial charge in [0, 0.05) is 10.7 Å². The van der Waals surface area contributed by atoms with Gasteiger partial charge in [0.15, 0.2) is 0 Å². The van der Waals surface area contributed by atoms with Crippen LogP contribution >= 0.6 is 15.9 Å². The van der Waals surface area contributed by atoms with Crippen LogP contribution in [0.5, 0.6) is 0 Å². The zero-order valence-electron chi connectivity index (χ0n) is 10.5. The van der Waals surface area contributed by atoms with Crippen molar-refractivity contribution in [2.24, 2.45) is 4.99 Å². The van der Waals surface area contributed by atoms with Gasteiger partial charge in [0.25, 0.3) is 0 Å². The van der Waals surface area contributed by atoms with Crippen LogP contribution in [0.1, 0.15) is 15.9 Å². The minimum Gasteiger partial charge on any atom is -0.478 e. The highest BCUT2D eigenvalue weighted by atomic mass is 79.9. The predicted octanol–water partition coefficient (Wildman–Crippen LogP) is 4.52. The van der Waals surface area contributed by atoms with Crippen molar-refractivity contribution in [3.63, 3.8) is 0 Å². The Kier molecular flexibility index (Phi) is 4.85. The fourth-order valence-corrected chi connectivity index (χ4v) is 1.97. The maximum atomic E-state index is 10.9. The van der Waals surface area contributed by atoms with Crippen molar-refractivity contribution in [1.29, 1.82) is 0 Å². The van der Waals surface area contributed by atoms with E-state index in [1.54, 1.807) is 18.3 Å². The molecule has 100 valence electrons. The highest BCUT2D eigenvalue weighted by molar-refractivity contribution is 9.12. The number of benzene rings is 2. The van der Waals surface area contributed by atoms with Crippen molar-refractivity contribution in [2.75, 3.05) is 0 Å². The molecule has 0 bridgehead atoms. The highest BCUT2D eigenvalue weighted by Crippen LogP contribution is 2.16. The molecule has 0 fully saturated rings. The van der Waals surface area contributed by atoms with Gasteiger partial charge in [-0.2, -0.15) is 0 Å². The molecule has 0 saturated heterocycles. The van der Waals surface area contributed by atoms with E-state index in [1.165, 1.54) is 12.1 Å². The third kappa shape index (κ3) is 4.17. The second-order valence-corrected chi connectivity index (χ2v) is 4.97. The van der Waals surface area contributed by atoms with Crippen LogP contribution in [-0.2, 0) is 0 Å². The number of allylic oxidation sites excluding steroid dienone is 1. The molecule has 0 saturated carbocycles. The average Bonchev–Trinajstić information content (AvgIpc) is 2.46. The largest absolute Gasteiger partial charge is 0.478 e. The van der Waals surface area contributed by atoms with E-state index in [0.717, 1.165) is 10.0 Å². The molecular weight excluding hydrogens is 318 g/mol. The monoisotopic (exact) mass is 329 g/mol. The number of carboxylic acids is 1. The van der Waals surface area contributed by atoms with E-state index in [2.05, 4.69) is 20.9 Å². The second kappa shape index (κ2) is 6.82. The molecule has 4 heteroatoms. The van der Waals surface area contributed by atoms with E-state index in [-0.39, 0.29) is 5.56 Å². The van der Waals surface area contributed by atoms with Gasteiger partial charge in [-0.25, -0.2) is 4.79 Å². The Hall–Kier alpha value is -2.20. The molecule has 0 aliphatic rings. The molecule has 2 aromatic rings. The predicted molar refractivity (Wildman–Crippen MR) is 84.9 cm³/mol. The molecule has 0 radical (unpaired) electrons. The first-order valence-corrected chi connectivity index (χ1v) is 6.74. The lowest BCUT2D eigenvalue weighted by Gasteiger charge is -1.97. The number of nitrogens with zero attached hydrogens (tertiary/aromatic N) is 1. The van der Waals surface area contributed by atoms with E-state index >= 15 is 0 Å². The Morgan fingerprint density at radius 3 is 2.55 bits per heavy atom. The number of hydrogen-bond donors (Lipinski definition) is 1. The highest BCUT2D eigenvalue weighted by Gasteiger charge is 2.01. The van der Waals surface area contributed by atoms with Crippen LogP contribution in [0.2, 0.25) is 0 Å². The summed E-state index contributed by atoms with van der Waals surface area (Å²) >= 11 is 3.42. The van der Waals surface area contributed by atoms with Crippen LogP contribution in [0, 0.1) is 0 Å². The summed E-state index contributed by atoms with van der Waals surface area (Å²) in [7, 11) is 0. The first-order valence-electron chi connectivity index (χ1n) is 5.95. The van der Waals surface area contributed by atoms with Crippen LogP contribution in [0.15, 0.2) is 64.1 Å². The molecular formula is C16H12BrNO2. The van der Waals surface area contributed by atoms with Crippen LogP contribution < -0.4 is 0 Å². The average molecular weight is 330 g/mol. The van der Waals surface area contributed by atoms with Crippen LogP contribution in [-0.4, -0.2) is 17.3 Å². The third-order valence-electron chi connectivity index (χ3n) is 2.53. The number of hydrogen-bond acceptors (Lipinski definition) is 2. The van der Waals surface area contributed by atoms with Gasteiger partial charge >= 0.3 is 5.97 Å². The molecule has 0 amide bonds. The summed E-state index contributed by atoms with van der Waals surface area (Å²) in [4.78, 5) is 15.1. The van der Waals surface area contributed by atoms with Crippen LogP contribution in [0.4, 0.5) is 5.69 Å². The first kappa shape index (κ1) is 14.2. The molecule has 0 atom stereocenters. The Morgan fingerprint density at radius 1 is 1.10 bits per heavy atom. The summed E-state index contributed by atoms with van der Waals surface area (Å²) in [5, 5.41) is 8.91. The smallest absolute Gasteiger partial charge is 0.335 e. The molecule has 2 aromatic carbocycles. The van der Waals surface area contributed by atoms with Crippen molar-refractivity contribution in [2.45, 2.75) is 0 Å². The van der Waals surface area contributed by atoms with E-state index in [1.807, 2.05) is 36.4 Å². The van der Waals surface area contributed by atoms with Gasteiger partial charge < -0.3 is 5.11 Å². The fraction of sp³-hybridized carbons (Fsp3) is 0. The van der Waals surface area contributed by atoms with Crippen molar-refractivity contribution < 1.29 is 9.90 Å². The van der Waals surface area contributed by atoms with Crippen LogP contribution in [0.25, 0.3) is 6.08 Å². The standard InChI is InChI=1S/C16H12BrNO2/c17-14(9-12-5-2-1-3-6-12)11-18-15-8-4-7-13(10-15)16(19)20/h1-11H,(H,19,20)/b14-9+,18-11?. The molecule has 1 N–H and O–H groups in total. The number of rotatable bonds is 4. The lowest BCUT2D eigenvalue weighted by molar-refractivity contribution is 0.0697. The molecule has 0 spiro atoms. The Balaban J connectivity index is 2.15. The summed E-state index contributed by atoms with van der Waals surface area (Å²) in [6.45, 7) is 0. The minimum atomic E-state index is -0.957. The van der Waals surface area contributed by atoms with Gasteiger partial charge in [-0.15, -0.1) is 0 Å². The normalized spacial score (nSPS) is 11.8. The van der Waals surface area contributed by atoms with Crippen LogP contribution in [0.3, 0.4) is 0 Å². The van der Waals surface area contributed by atoms with Gasteiger partial charge in [0.1, 0.15) is 0 Å². The van der Waals surface area contributed by atoms with E-state index in [4.69, 9.17) is 5.11 Å². The Bertz CT molecular complexity index is 663. The van der Waals surface area contributed by atoms with Gasteiger partial charge in [0.05, 0.1) is 11.3 Å². The van der Waals surface area contributed by atoms with Gasteiger partial charge in [-0.05, 0) is 45.8 Å². The Labute approximate surface area is 125 Å². The summed E-state index contributed by atoms with van der Waals surface area (Å²) < 4.78 is 0.810. The van der Waals surface area contributed by atoms with Gasteiger partial charge in [-0.3, -0.25) is 4.99 Å². The van der Waals surface area contributed by atoms with Crippen molar-refractivity contribution >= 4 is 39.9 Å². The van der Waals surface area contributed by atoms with E-state index in [9.17, 15) is 4.79 Å². The SMILES string of the molecule is O=C(O)c1cccc(N=C/C(Br)=C\c2ccccc2)c1. The Morgan fingerprint density at radius 2 is 1.85 bits per heavy atom. The summed E-state index contributed by atoms with van der Waals surface area (Å²) in [5.41, 5.74) is 1.89. The lowest BCUT2D eigenvalue weighted by atomic mass is 10.2. The lowest BCUT2D eigenvalue weighted by Crippen LogP contribution is -1.94. The summed E-state index contributed by atoms with van der Waals surface area (Å²) in [5.74, 6) is -0.957. The molecule has 0 unspecified atom stereocenters. The van der Waals surface area contributed by atoms with Crippen molar-refractivity contribution in [1.82, 2.24) is 0 Å². The number of aromatic carboxylic acids is 1. The second-order valence-electron chi connectivity index (χ2n) is 4.05. The number of carboxylic acid groups (broad SMARTS) is 1. The molecule has 0 heterocycles. The summed E-state index contributed by atoms with van der Waals surface area (Å²) in [6.07, 6.45) is 3.58. The number of halogens is 1. The van der Waals surface area contributed by atoms with E-state index < -0.39 is 5.97 Å². The zero-order valence-corrected chi connectivity index (χ0v) is 12.1. The first-order chi connectivity index (χ1) is 9.65. The maximum Gasteiger partial charge on any atom is 0.335 e. The van der Waals surface area contributed by atoms with Crippen molar-refractivity contribution in [3.05, 3.63) is 70.2 Å². The maximum absolute atomic E-state index is 10.9. The topological polar surface area (TPSA) is 49.7 Å². The van der Waals surface area contributed by atoms with Crippen molar-refractivity contribution in [3.8, 4) is 0 Å². The third-order valence-corrected chi connectivity index (χ3v) is 2.97. The minimum absolute atomic E-state index is 0.225. The fourth-order valence-electron chi connectivity index (χ4n) is 1.60. The van der Waals surface area contributed by atoms with Gasteiger partial charge in [-0.1, -0.05) is 36.4 Å². The number of carbonyl (C=O) groups is 1. The summed E-state index contributed by atoms with van der Waals surface area (Å²) in [6, 6.07) is 16.3. The molecule has 2 rings (SSSR count).